The zero-order valence-electron chi connectivity index (χ0n) is 18.6. The average Bonchev–Trinajstić information content (AvgIpc) is 3.49. The van der Waals surface area contributed by atoms with Crippen molar-refractivity contribution in [2.24, 2.45) is 0 Å². The molecule has 1 aliphatic rings. The van der Waals surface area contributed by atoms with Crippen LogP contribution in [0.15, 0.2) is 85.5 Å². The second kappa shape index (κ2) is 8.11. The number of anilines is 1. The van der Waals surface area contributed by atoms with Crippen molar-refractivity contribution in [3.05, 3.63) is 91.1 Å². The first kappa shape index (κ1) is 21.8. The number of rotatable bonds is 5. The third-order valence-electron chi connectivity index (χ3n) is 6.20. The Hall–Kier alpha value is -3.98. The van der Waals surface area contributed by atoms with E-state index >= 15 is 0 Å². The van der Waals surface area contributed by atoms with Crippen molar-refractivity contribution in [1.29, 1.82) is 0 Å². The summed E-state index contributed by atoms with van der Waals surface area (Å²) in [7, 11) is -3.93. The van der Waals surface area contributed by atoms with Gasteiger partial charge in [0, 0.05) is 42.5 Å². The number of allylic oxidation sites excluding steroid dienone is 3. The van der Waals surface area contributed by atoms with Crippen LogP contribution in [-0.2, 0) is 14.8 Å². The van der Waals surface area contributed by atoms with E-state index < -0.39 is 20.7 Å². The van der Waals surface area contributed by atoms with Crippen LogP contribution in [0.25, 0.3) is 22.2 Å². The molecule has 0 bridgehead atoms. The fraction of sp³-hybridized carbons (Fsp3) is 0.160. The highest BCUT2D eigenvalue weighted by atomic mass is 32.2. The molecule has 1 aromatic carbocycles. The molecule has 0 radical (unpaired) electrons. The van der Waals surface area contributed by atoms with Gasteiger partial charge in [-0.1, -0.05) is 36.4 Å². The molecule has 1 amide bonds. The van der Waals surface area contributed by atoms with Gasteiger partial charge < -0.3 is 5.32 Å². The Morgan fingerprint density at radius 1 is 1.21 bits per heavy atom. The maximum absolute atomic E-state index is 14.1. The lowest BCUT2D eigenvalue weighted by Gasteiger charge is -2.34. The zero-order valence-corrected chi connectivity index (χ0v) is 19.5. The molecule has 0 saturated carbocycles. The van der Waals surface area contributed by atoms with Gasteiger partial charge in [-0.05, 0) is 47.9 Å². The number of amides is 1. The maximum Gasteiger partial charge on any atom is 0.250 e. The van der Waals surface area contributed by atoms with Crippen LogP contribution < -0.4 is 5.32 Å². The van der Waals surface area contributed by atoms with Gasteiger partial charge in [-0.15, -0.1) is 0 Å². The Balaban J connectivity index is 1.63. The van der Waals surface area contributed by atoms with E-state index in [-0.39, 0.29) is 5.91 Å². The van der Waals surface area contributed by atoms with Gasteiger partial charge in [-0.2, -0.15) is 5.10 Å². The second-order valence-electron chi connectivity index (χ2n) is 8.41. The lowest BCUT2D eigenvalue weighted by Crippen LogP contribution is -2.43. The Morgan fingerprint density at radius 3 is 2.82 bits per heavy atom. The minimum atomic E-state index is -3.93. The van der Waals surface area contributed by atoms with Crippen molar-refractivity contribution in [2.75, 3.05) is 5.32 Å². The number of carbonyl (C=O) groups is 1. The number of H-pyrrole nitrogens is 1. The normalized spacial score (nSPS) is 20.0. The SMILES string of the molecule is CC(=O)Nc1cccc(-c2ccnc3c2ccn3S(=O)(=O)C2(C)C=CC=CC2c2cn[nH]c2)c1. The maximum atomic E-state index is 14.1. The van der Waals surface area contributed by atoms with Gasteiger partial charge in [0.2, 0.25) is 15.9 Å². The molecule has 5 rings (SSSR count). The highest BCUT2D eigenvalue weighted by molar-refractivity contribution is 7.91. The number of nitrogens with one attached hydrogen (secondary N) is 2. The number of hydrogen-bond donors (Lipinski definition) is 2. The van der Waals surface area contributed by atoms with Crippen LogP contribution in [0.3, 0.4) is 0 Å². The molecule has 34 heavy (non-hydrogen) atoms. The van der Waals surface area contributed by atoms with Crippen molar-refractivity contribution in [2.45, 2.75) is 24.5 Å². The lowest BCUT2D eigenvalue weighted by molar-refractivity contribution is -0.114. The van der Waals surface area contributed by atoms with Crippen LogP contribution in [0.1, 0.15) is 25.3 Å². The molecule has 3 aromatic heterocycles. The molecule has 0 fully saturated rings. The third-order valence-corrected chi connectivity index (χ3v) is 8.52. The van der Waals surface area contributed by atoms with Crippen molar-refractivity contribution >= 4 is 32.7 Å². The number of pyridine rings is 1. The molecule has 0 spiro atoms. The molecule has 0 saturated heterocycles. The standard InChI is InChI=1S/C25H23N5O3S/c1-17(31)29-20-7-5-6-18(14-20)21-9-12-26-24-22(21)10-13-30(24)34(32,33)25(2)11-4-3-8-23(25)19-15-27-28-16-19/h3-16,23H,1-2H3,(H,27,28)(H,29,31). The zero-order chi connectivity index (χ0) is 23.9. The predicted molar refractivity (Wildman–Crippen MR) is 132 cm³/mol. The smallest absolute Gasteiger partial charge is 0.250 e. The molecule has 2 N–H and O–H groups in total. The Labute approximate surface area is 197 Å². The van der Waals surface area contributed by atoms with E-state index in [2.05, 4.69) is 20.5 Å². The molecule has 4 aromatic rings. The predicted octanol–water partition coefficient (Wildman–Crippen LogP) is 4.23. The summed E-state index contributed by atoms with van der Waals surface area (Å²) in [5, 5.41) is 10.3. The van der Waals surface area contributed by atoms with E-state index in [0.717, 1.165) is 16.7 Å². The summed E-state index contributed by atoms with van der Waals surface area (Å²) in [4.78, 5) is 15.9. The molecule has 172 valence electrons. The average molecular weight is 474 g/mol. The topological polar surface area (TPSA) is 110 Å². The minimum absolute atomic E-state index is 0.163. The van der Waals surface area contributed by atoms with Crippen molar-refractivity contribution in [3.8, 4) is 11.1 Å². The van der Waals surface area contributed by atoms with E-state index in [4.69, 9.17) is 0 Å². The molecule has 3 heterocycles. The number of benzene rings is 1. The van der Waals surface area contributed by atoms with Crippen LogP contribution >= 0.6 is 0 Å². The highest BCUT2D eigenvalue weighted by Crippen LogP contribution is 2.41. The van der Waals surface area contributed by atoms with Crippen LogP contribution in [0, 0.1) is 0 Å². The first-order chi connectivity index (χ1) is 16.3. The van der Waals surface area contributed by atoms with E-state index in [9.17, 15) is 13.2 Å². The largest absolute Gasteiger partial charge is 0.326 e. The minimum Gasteiger partial charge on any atom is -0.326 e. The van der Waals surface area contributed by atoms with Gasteiger partial charge in [0.1, 0.15) is 4.75 Å². The van der Waals surface area contributed by atoms with Gasteiger partial charge in [-0.3, -0.25) is 9.89 Å². The fourth-order valence-electron chi connectivity index (χ4n) is 4.48. The molecule has 1 aliphatic carbocycles. The number of nitrogens with zero attached hydrogens (tertiary/aromatic N) is 3. The van der Waals surface area contributed by atoms with Crippen molar-refractivity contribution in [3.63, 3.8) is 0 Å². The molecule has 0 aliphatic heterocycles. The van der Waals surface area contributed by atoms with Gasteiger partial charge in [0.25, 0.3) is 0 Å². The number of aromatic amines is 1. The van der Waals surface area contributed by atoms with Crippen molar-refractivity contribution < 1.29 is 13.2 Å². The molecule has 9 heteroatoms. The highest BCUT2D eigenvalue weighted by Gasteiger charge is 2.46. The van der Waals surface area contributed by atoms with Crippen LogP contribution in [0.2, 0.25) is 0 Å². The van der Waals surface area contributed by atoms with E-state index in [1.165, 1.54) is 10.9 Å². The summed E-state index contributed by atoms with van der Waals surface area (Å²) < 4.78 is 28.2. The number of hydrogen-bond acceptors (Lipinski definition) is 5. The van der Waals surface area contributed by atoms with Gasteiger partial charge >= 0.3 is 0 Å². The second-order valence-corrected chi connectivity index (χ2v) is 10.6. The Kier molecular flexibility index (Phi) is 5.21. The summed E-state index contributed by atoms with van der Waals surface area (Å²) in [6.07, 6.45) is 13.7. The van der Waals surface area contributed by atoms with Gasteiger partial charge in [0.15, 0.2) is 5.65 Å². The van der Waals surface area contributed by atoms with E-state index in [1.54, 1.807) is 56.0 Å². The summed E-state index contributed by atoms with van der Waals surface area (Å²) in [6.45, 7) is 3.17. The van der Waals surface area contributed by atoms with E-state index in [1.807, 2.05) is 36.4 Å². The Morgan fingerprint density at radius 2 is 2.06 bits per heavy atom. The molecular weight excluding hydrogens is 450 g/mol. The van der Waals surface area contributed by atoms with Crippen LogP contribution in [-0.4, -0.2) is 38.2 Å². The summed E-state index contributed by atoms with van der Waals surface area (Å²) in [6, 6.07) is 11.0. The first-order valence-corrected chi connectivity index (χ1v) is 12.2. The quantitative estimate of drug-likeness (QED) is 0.451. The van der Waals surface area contributed by atoms with Crippen LogP contribution in [0.4, 0.5) is 5.69 Å². The monoisotopic (exact) mass is 473 g/mol. The molecule has 2 atom stereocenters. The fourth-order valence-corrected chi connectivity index (χ4v) is 6.28. The molecule has 8 nitrogen and oxygen atoms in total. The summed E-state index contributed by atoms with van der Waals surface area (Å²) >= 11 is 0. The number of fused-ring (bicyclic) bond motifs is 1. The summed E-state index contributed by atoms with van der Waals surface area (Å²) in [5.74, 6) is -0.583. The first-order valence-electron chi connectivity index (χ1n) is 10.8. The number of aromatic nitrogens is 4. The third kappa shape index (κ3) is 3.45. The van der Waals surface area contributed by atoms with Gasteiger partial charge in [-0.25, -0.2) is 17.4 Å². The lowest BCUT2D eigenvalue weighted by atomic mass is 9.85. The number of carbonyl (C=O) groups excluding carboxylic acids is 1. The van der Waals surface area contributed by atoms with Gasteiger partial charge in [0.05, 0.1) is 6.20 Å². The Bertz CT molecular complexity index is 1550. The van der Waals surface area contributed by atoms with Crippen LogP contribution in [0.5, 0.6) is 0 Å². The van der Waals surface area contributed by atoms with Crippen molar-refractivity contribution in [1.82, 2.24) is 19.2 Å². The molecular formula is C25H23N5O3S. The summed E-state index contributed by atoms with van der Waals surface area (Å²) in [5.41, 5.74) is 3.46. The van der Waals surface area contributed by atoms with E-state index in [0.29, 0.717) is 16.7 Å². The molecule has 2 unspecified atom stereocenters.